The highest BCUT2D eigenvalue weighted by atomic mass is 19.1. The molecular formula is C17H21FN2O. The number of benzene rings is 2. The summed E-state index contributed by atoms with van der Waals surface area (Å²) in [6.07, 6.45) is 0.810. The molecule has 0 atom stereocenters. The van der Waals surface area contributed by atoms with Crippen LogP contribution in [0.4, 0.5) is 15.8 Å². The predicted molar refractivity (Wildman–Crippen MR) is 85.4 cm³/mol. The Kier molecular flexibility index (Phi) is 5.04. The van der Waals surface area contributed by atoms with Crippen molar-refractivity contribution in [1.82, 2.24) is 0 Å². The van der Waals surface area contributed by atoms with Crippen molar-refractivity contribution >= 4 is 11.4 Å². The summed E-state index contributed by atoms with van der Waals surface area (Å²) in [5, 5.41) is 3.30. The minimum Gasteiger partial charge on any atom is -0.492 e. The number of anilines is 2. The fourth-order valence-corrected chi connectivity index (χ4v) is 2.25. The fraction of sp³-hybridized carbons (Fsp3) is 0.294. The molecule has 0 fully saturated rings. The summed E-state index contributed by atoms with van der Waals surface area (Å²) in [6, 6.07) is 10.6. The van der Waals surface area contributed by atoms with Crippen molar-refractivity contribution in [1.29, 1.82) is 0 Å². The molecule has 4 heteroatoms. The number of aryl methyl sites for hydroxylation is 1. The molecule has 3 nitrogen and oxygen atoms in total. The summed E-state index contributed by atoms with van der Waals surface area (Å²) >= 11 is 0. The van der Waals surface area contributed by atoms with Crippen molar-refractivity contribution in [2.24, 2.45) is 0 Å². The molecule has 0 aliphatic heterocycles. The summed E-state index contributed by atoms with van der Waals surface area (Å²) in [5.41, 5.74) is 9.64. The predicted octanol–water partition coefficient (Wildman–Crippen LogP) is 3.77. The topological polar surface area (TPSA) is 47.3 Å². The molecule has 2 aromatic rings. The van der Waals surface area contributed by atoms with E-state index in [2.05, 4.69) is 5.32 Å². The SMILES string of the molecule is CCOc1cccc(NCCc2ccc(F)cc2C)c1N. The number of para-hydroxylation sites is 1. The Hall–Kier alpha value is -2.23. The molecule has 0 amide bonds. The number of halogens is 1. The van der Waals surface area contributed by atoms with Crippen LogP contribution in [0.3, 0.4) is 0 Å². The highest BCUT2D eigenvalue weighted by Gasteiger charge is 2.06. The molecule has 3 N–H and O–H groups in total. The second kappa shape index (κ2) is 6.97. The van der Waals surface area contributed by atoms with Gasteiger partial charge in [-0.25, -0.2) is 4.39 Å². The van der Waals surface area contributed by atoms with Crippen molar-refractivity contribution in [3.8, 4) is 5.75 Å². The maximum absolute atomic E-state index is 13.1. The Morgan fingerprint density at radius 3 is 2.76 bits per heavy atom. The number of nitrogens with two attached hydrogens (primary N) is 1. The average Bonchev–Trinajstić information content (AvgIpc) is 2.45. The van der Waals surface area contributed by atoms with Gasteiger partial charge in [-0.1, -0.05) is 12.1 Å². The number of hydrogen-bond donors (Lipinski definition) is 2. The van der Waals surface area contributed by atoms with Crippen molar-refractivity contribution in [3.63, 3.8) is 0 Å². The van der Waals surface area contributed by atoms with E-state index in [1.807, 2.05) is 38.1 Å². The maximum atomic E-state index is 13.1. The lowest BCUT2D eigenvalue weighted by atomic mass is 10.1. The molecule has 0 radical (unpaired) electrons. The Morgan fingerprint density at radius 1 is 1.24 bits per heavy atom. The molecule has 2 rings (SSSR count). The first-order valence-electron chi connectivity index (χ1n) is 7.12. The molecule has 0 aromatic heterocycles. The summed E-state index contributed by atoms with van der Waals surface area (Å²) < 4.78 is 18.5. The van der Waals surface area contributed by atoms with Crippen molar-refractivity contribution in [2.75, 3.05) is 24.2 Å². The maximum Gasteiger partial charge on any atom is 0.144 e. The van der Waals surface area contributed by atoms with Gasteiger partial charge in [0, 0.05) is 6.54 Å². The fourth-order valence-electron chi connectivity index (χ4n) is 2.25. The van der Waals surface area contributed by atoms with Gasteiger partial charge in [-0.15, -0.1) is 0 Å². The summed E-state index contributed by atoms with van der Waals surface area (Å²) in [7, 11) is 0. The Bertz CT molecular complexity index is 614. The van der Waals surface area contributed by atoms with E-state index in [9.17, 15) is 4.39 Å². The average molecular weight is 288 g/mol. The zero-order chi connectivity index (χ0) is 15.2. The first-order valence-corrected chi connectivity index (χ1v) is 7.12. The smallest absolute Gasteiger partial charge is 0.144 e. The van der Waals surface area contributed by atoms with Gasteiger partial charge in [0.05, 0.1) is 18.0 Å². The molecule has 0 heterocycles. The van der Waals surface area contributed by atoms with Crippen LogP contribution in [-0.2, 0) is 6.42 Å². The highest BCUT2D eigenvalue weighted by molar-refractivity contribution is 5.72. The zero-order valence-electron chi connectivity index (χ0n) is 12.4. The third kappa shape index (κ3) is 3.88. The molecule has 21 heavy (non-hydrogen) atoms. The van der Waals surface area contributed by atoms with Gasteiger partial charge in [0.15, 0.2) is 0 Å². The lowest BCUT2D eigenvalue weighted by Crippen LogP contribution is -2.08. The van der Waals surface area contributed by atoms with E-state index in [1.54, 1.807) is 6.07 Å². The summed E-state index contributed by atoms with van der Waals surface area (Å²) in [6.45, 7) is 5.16. The third-order valence-electron chi connectivity index (χ3n) is 3.38. The minimum atomic E-state index is -0.196. The van der Waals surface area contributed by atoms with Gasteiger partial charge in [0.25, 0.3) is 0 Å². The van der Waals surface area contributed by atoms with E-state index in [1.165, 1.54) is 6.07 Å². The van der Waals surface area contributed by atoms with E-state index in [-0.39, 0.29) is 5.82 Å². The van der Waals surface area contributed by atoms with E-state index < -0.39 is 0 Å². The van der Waals surface area contributed by atoms with Gasteiger partial charge in [0.1, 0.15) is 11.6 Å². The standard InChI is InChI=1S/C17H21FN2O/c1-3-21-16-6-4-5-15(17(16)19)20-10-9-13-7-8-14(18)11-12(13)2/h4-8,11,20H,3,9-10,19H2,1-2H3. The molecular weight excluding hydrogens is 267 g/mol. The van der Waals surface area contributed by atoms with Crippen molar-refractivity contribution < 1.29 is 9.13 Å². The molecule has 0 bridgehead atoms. The van der Waals surface area contributed by atoms with Crippen LogP contribution in [0.1, 0.15) is 18.1 Å². The van der Waals surface area contributed by atoms with E-state index >= 15 is 0 Å². The Labute approximate surface area is 124 Å². The molecule has 0 saturated carbocycles. The largest absolute Gasteiger partial charge is 0.492 e. The Balaban J connectivity index is 1.99. The van der Waals surface area contributed by atoms with Crippen LogP contribution in [0.2, 0.25) is 0 Å². The van der Waals surface area contributed by atoms with Gasteiger partial charge in [-0.05, 0) is 55.7 Å². The second-order valence-electron chi connectivity index (χ2n) is 4.90. The molecule has 2 aromatic carbocycles. The highest BCUT2D eigenvalue weighted by Crippen LogP contribution is 2.29. The molecule has 0 saturated heterocycles. The van der Waals surface area contributed by atoms with Gasteiger partial charge in [0.2, 0.25) is 0 Å². The molecule has 112 valence electrons. The van der Waals surface area contributed by atoms with Gasteiger partial charge >= 0.3 is 0 Å². The van der Waals surface area contributed by atoms with Crippen LogP contribution in [0, 0.1) is 12.7 Å². The van der Waals surface area contributed by atoms with Crippen LogP contribution < -0.4 is 15.8 Å². The van der Waals surface area contributed by atoms with Crippen LogP contribution in [0.5, 0.6) is 5.75 Å². The lowest BCUT2D eigenvalue weighted by Gasteiger charge is -2.13. The zero-order valence-corrected chi connectivity index (χ0v) is 12.4. The summed E-state index contributed by atoms with van der Waals surface area (Å²) in [5.74, 6) is 0.498. The molecule has 0 unspecified atom stereocenters. The van der Waals surface area contributed by atoms with Crippen molar-refractivity contribution in [3.05, 3.63) is 53.3 Å². The van der Waals surface area contributed by atoms with Crippen LogP contribution in [0.25, 0.3) is 0 Å². The van der Waals surface area contributed by atoms with Gasteiger partial charge in [-0.3, -0.25) is 0 Å². The summed E-state index contributed by atoms with van der Waals surface area (Å²) in [4.78, 5) is 0. The molecule has 0 aliphatic rings. The number of hydrogen-bond acceptors (Lipinski definition) is 3. The van der Waals surface area contributed by atoms with E-state index in [0.717, 1.165) is 29.8 Å². The third-order valence-corrected chi connectivity index (χ3v) is 3.38. The van der Waals surface area contributed by atoms with Crippen molar-refractivity contribution in [2.45, 2.75) is 20.3 Å². The monoisotopic (exact) mass is 288 g/mol. The van der Waals surface area contributed by atoms with E-state index in [4.69, 9.17) is 10.5 Å². The number of nitrogen functional groups attached to an aromatic ring is 1. The van der Waals surface area contributed by atoms with E-state index in [0.29, 0.717) is 18.0 Å². The number of nitrogens with one attached hydrogen (secondary N) is 1. The lowest BCUT2D eigenvalue weighted by molar-refractivity contribution is 0.342. The quantitative estimate of drug-likeness (QED) is 0.795. The molecule has 0 aliphatic carbocycles. The first kappa shape index (κ1) is 15.2. The van der Waals surface area contributed by atoms with Crippen LogP contribution in [-0.4, -0.2) is 13.2 Å². The molecule has 0 spiro atoms. The van der Waals surface area contributed by atoms with Crippen LogP contribution >= 0.6 is 0 Å². The number of rotatable bonds is 6. The Morgan fingerprint density at radius 2 is 2.05 bits per heavy atom. The van der Waals surface area contributed by atoms with Gasteiger partial charge in [-0.2, -0.15) is 0 Å². The second-order valence-corrected chi connectivity index (χ2v) is 4.90. The van der Waals surface area contributed by atoms with Gasteiger partial charge < -0.3 is 15.8 Å². The first-order chi connectivity index (χ1) is 10.1. The number of ether oxygens (including phenoxy) is 1. The minimum absolute atomic E-state index is 0.196. The van der Waals surface area contributed by atoms with Crippen LogP contribution in [0.15, 0.2) is 36.4 Å². The normalized spacial score (nSPS) is 10.4.